The number of hydrogen-bond acceptors (Lipinski definition) is 6. The van der Waals surface area contributed by atoms with E-state index in [-0.39, 0.29) is 6.61 Å². The van der Waals surface area contributed by atoms with Gasteiger partial charge in [0.1, 0.15) is 5.75 Å². The lowest BCUT2D eigenvalue weighted by Crippen LogP contribution is -2.25. The minimum absolute atomic E-state index is 0.178. The molecule has 29 heavy (non-hydrogen) atoms. The van der Waals surface area contributed by atoms with Crippen LogP contribution in [0.3, 0.4) is 0 Å². The molecular formula is C21H20ClNO6. The third-order valence-electron chi connectivity index (χ3n) is 3.64. The van der Waals surface area contributed by atoms with Crippen molar-refractivity contribution in [2.75, 3.05) is 19.0 Å². The second kappa shape index (κ2) is 10.9. The quantitative estimate of drug-likeness (QED) is 0.520. The zero-order valence-corrected chi connectivity index (χ0v) is 16.6. The number of rotatable bonds is 8. The molecule has 2 aromatic rings. The Morgan fingerprint density at radius 1 is 1.07 bits per heavy atom. The van der Waals surface area contributed by atoms with Gasteiger partial charge in [-0.05, 0) is 25.1 Å². The first kappa shape index (κ1) is 22.0. The Morgan fingerprint density at radius 2 is 1.76 bits per heavy atom. The second-order valence-electron chi connectivity index (χ2n) is 5.65. The molecule has 0 heterocycles. The number of carbonyl (C=O) groups is 3. The molecule has 7 nitrogen and oxygen atoms in total. The van der Waals surface area contributed by atoms with Crippen LogP contribution in [0.1, 0.15) is 18.6 Å². The number of esters is 2. The first-order chi connectivity index (χ1) is 13.9. The van der Waals surface area contributed by atoms with Crippen LogP contribution >= 0.6 is 11.6 Å². The number of methoxy groups -OCH3 is 1. The number of amides is 1. The van der Waals surface area contributed by atoms with Crippen molar-refractivity contribution in [3.05, 3.63) is 71.3 Å². The maximum atomic E-state index is 12.8. The number of nitrogens with one attached hydrogen (secondary N) is 1. The maximum Gasteiger partial charge on any atom is 0.332 e. The van der Waals surface area contributed by atoms with Crippen LogP contribution in [-0.2, 0) is 23.9 Å². The van der Waals surface area contributed by atoms with Crippen LogP contribution in [0, 0.1) is 0 Å². The van der Waals surface area contributed by atoms with Gasteiger partial charge >= 0.3 is 11.9 Å². The number of ether oxygens (including phenoxy) is 3. The molecule has 2 aromatic carbocycles. The van der Waals surface area contributed by atoms with E-state index in [1.165, 1.54) is 13.2 Å². The fraction of sp³-hybridized carbons (Fsp3) is 0.190. The van der Waals surface area contributed by atoms with Gasteiger partial charge in [-0.15, -0.1) is 0 Å². The smallest absolute Gasteiger partial charge is 0.332 e. The molecule has 0 aliphatic carbocycles. The Bertz CT molecular complexity index is 897. The van der Waals surface area contributed by atoms with Crippen molar-refractivity contribution in [3.63, 3.8) is 0 Å². The molecule has 0 spiro atoms. The molecule has 0 aliphatic heterocycles. The van der Waals surface area contributed by atoms with Crippen LogP contribution in [0.25, 0.3) is 0 Å². The predicted molar refractivity (Wildman–Crippen MR) is 108 cm³/mol. The Balaban J connectivity index is 2.17. The van der Waals surface area contributed by atoms with Gasteiger partial charge in [-0.3, -0.25) is 4.79 Å². The van der Waals surface area contributed by atoms with E-state index in [2.05, 4.69) is 5.32 Å². The van der Waals surface area contributed by atoms with Gasteiger partial charge in [-0.25, -0.2) is 9.59 Å². The predicted octanol–water partition coefficient (Wildman–Crippen LogP) is 3.69. The summed E-state index contributed by atoms with van der Waals surface area (Å²) in [6.45, 7) is 1.82. The molecule has 2 rings (SSSR count). The first-order valence-electron chi connectivity index (χ1n) is 8.69. The molecule has 0 saturated carbocycles. The van der Waals surface area contributed by atoms with Crippen LogP contribution in [0.4, 0.5) is 5.69 Å². The molecule has 152 valence electrons. The molecule has 0 bridgehead atoms. The highest BCUT2D eigenvalue weighted by Crippen LogP contribution is 2.28. The van der Waals surface area contributed by atoms with Gasteiger partial charge < -0.3 is 19.5 Å². The summed E-state index contributed by atoms with van der Waals surface area (Å²) in [5.41, 5.74) is 0.863. The standard InChI is InChI=1S/C21H20ClNO6/c1-3-28-18(24)11-12-19(25)29-20(14-7-5-4-6-8-14)21(26)23-15-9-10-17(27-2)16(22)13-15/h4-13,20H,3H2,1-2H3,(H,23,26)/b12-11+/t20-/m0/s1. The molecule has 0 radical (unpaired) electrons. The van der Waals surface area contributed by atoms with E-state index in [1.54, 1.807) is 49.4 Å². The van der Waals surface area contributed by atoms with Gasteiger partial charge in [0.2, 0.25) is 6.10 Å². The largest absolute Gasteiger partial charge is 0.495 e. The van der Waals surface area contributed by atoms with Crippen LogP contribution in [0.2, 0.25) is 5.02 Å². The molecule has 1 atom stereocenters. The number of benzene rings is 2. The topological polar surface area (TPSA) is 90.9 Å². The number of carbonyl (C=O) groups excluding carboxylic acids is 3. The van der Waals surface area contributed by atoms with Crippen molar-refractivity contribution < 1.29 is 28.6 Å². The molecule has 0 saturated heterocycles. The number of halogens is 1. The van der Waals surface area contributed by atoms with E-state index < -0.39 is 23.9 Å². The van der Waals surface area contributed by atoms with E-state index >= 15 is 0 Å². The van der Waals surface area contributed by atoms with Crippen LogP contribution < -0.4 is 10.1 Å². The van der Waals surface area contributed by atoms with E-state index in [0.29, 0.717) is 22.0 Å². The van der Waals surface area contributed by atoms with Gasteiger partial charge in [-0.1, -0.05) is 41.9 Å². The fourth-order valence-corrected chi connectivity index (χ4v) is 2.59. The summed E-state index contributed by atoms with van der Waals surface area (Å²) < 4.78 is 15.1. The van der Waals surface area contributed by atoms with E-state index in [0.717, 1.165) is 12.2 Å². The molecule has 1 amide bonds. The summed E-state index contributed by atoms with van der Waals surface area (Å²) in [6.07, 6.45) is 0.608. The van der Waals surface area contributed by atoms with Crippen LogP contribution in [0.5, 0.6) is 5.75 Å². The molecule has 1 N–H and O–H groups in total. The normalized spacial score (nSPS) is 11.6. The Hall–Kier alpha value is -3.32. The minimum Gasteiger partial charge on any atom is -0.495 e. The average molecular weight is 418 g/mol. The third kappa shape index (κ3) is 6.65. The lowest BCUT2D eigenvalue weighted by atomic mass is 10.1. The van der Waals surface area contributed by atoms with Crippen molar-refractivity contribution in [1.82, 2.24) is 0 Å². The Kier molecular flexibility index (Phi) is 8.24. The van der Waals surface area contributed by atoms with Crippen molar-refractivity contribution >= 4 is 35.1 Å². The molecule has 0 unspecified atom stereocenters. The lowest BCUT2D eigenvalue weighted by Gasteiger charge is -2.17. The van der Waals surface area contributed by atoms with Gasteiger partial charge in [-0.2, -0.15) is 0 Å². The first-order valence-corrected chi connectivity index (χ1v) is 9.07. The summed E-state index contributed by atoms with van der Waals surface area (Å²) in [4.78, 5) is 36.2. The summed E-state index contributed by atoms with van der Waals surface area (Å²) >= 11 is 6.08. The van der Waals surface area contributed by atoms with Crippen molar-refractivity contribution in [1.29, 1.82) is 0 Å². The second-order valence-corrected chi connectivity index (χ2v) is 6.06. The summed E-state index contributed by atoms with van der Waals surface area (Å²) in [5.74, 6) is -1.68. The molecule has 0 fully saturated rings. The highest BCUT2D eigenvalue weighted by molar-refractivity contribution is 6.32. The molecule has 0 aliphatic rings. The van der Waals surface area contributed by atoms with Crippen molar-refractivity contribution in [2.45, 2.75) is 13.0 Å². The van der Waals surface area contributed by atoms with E-state index in [9.17, 15) is 14.4 Å². The SMILES string of the molecule is CCOC(=O)/C=C/C(=O)O[C@H](C(=O)Nc1ccc(OC)c(Cl)c1)c1ccccc1. The van der Waals surface area contributed by atoms with E-state index in [1.807, 2.05) is 0 Å². The van der Waals surface area contributed by atoms with E-state index in [4.69, 9.17) is 25.8 Å². The van der Waals surface area contributed by atoms with Gasteiger partial charge in [0.15, 0.2) is 0 Å². The fourth-order valence-electron chi connectivity index (χ4n) is 2.33. The zero-order chi connectivity index (χ0) is 21.2. The highest BCUT2D eigenvalue weighted by Gasteiger charge is 2.24. The van der Waals surface area contributed by atoms with Crippen molar-refractivity contribution in [3.8, 4) is 5.75 Å². The minimum atomic E-state index is -1.24. The average Bonchev–Trinajstić information content (AvgIpc) is 2.71. The molecule has 8 heteroatoms. The lowest BCUT2D eigenvalue weighted by molar-refractivity contribution is -0.150. The monoisotopic (exact) mass is 417 g/mol. The maximum absolute atomic E-state index is 12.8. The zero-order valence-electron chi connectivity index (χ0n) is 15.9. The summed E-state index contributed by atoms with van der Waals surface area (Å²) in [7, 11) is 1.48. The van der Waals surface area contributed by atoms with Gasteiger partial charge in [0.25, 0.3) is 5.91 Å². The van der Waals surface area contributed by atoms with Gasteiger partial charge in [0.05, 0.1) is 18.7 Å². The molecular weight excluding hydrogens is 398 g/mol. The number of anilines is 1. The van der Waals surface area contributed by atoms with Crippen LogP contribution in [-0.4, -0.2) is 31.6 Å². The van der Waals surface area contributed by atoms with Gasteiger partial charge in [0, 0.05) is 23.4 Å². The van der Waals surface area contributed by atoms with Crippen molar-refractivity contribution in [2.24, 2.45) is 0 Å². The number of hydrogen-bond donors (Lipinski definition) is 1. The molecule has 0 aromatic heterocycles. The third-order valence-corrected chi connectivity index (χ3v) is 3.93. The Labute approximate surface area is 173 Å². The Morgan fingerprint density at radius 3 is 2.38 bits per heavy atom. The summed E-state index contributed by atoms with van der Waals surface area (Å²) in [6, 6.07) is 13.2. The van der Waals surface area contributed by atoms with Crippen LogP contribution in [0.15, 0.2) is 60.7 Å². The summed E-state index contributed by atoms with van der Waals surface area (Å²) in [5, 5.41) is 2.97. The highest BCUT2D eigenvalue weighted by atomic mass is 35.5.